The Hall–Kier alpha value is -1.62. The SMILES string of the molecule is CCc1cccc(CC)c1OCCCSCc1c[nH]c(=O)[nH]1. The van der Waals surface area contributed by atoms with Gasteiger partial charge in [-0.2, -0.15) is 11.8 Å². The van der Waals surface area contributed by atoms with Gasteiger partial charge in [0.25, 0.3) is 0 Å². The number of rotatable bonds is 9. The van der Waals surface area contributed by atoms with Crippen molar-refractivity contribution in [3.63, 3.8) is 0 Å². The Balaban J connectivity index is 1.73. The minimum Gasteiger partial charge on any atom is -0.493 e. The predicted octanol–water partition coefficient (Wildman–Crippen LogP) is 3.53. The zero-order chi connectivity index (χ0) is 15.8. The molecule has 0 fully saturated rings. The van der Waals surface area contributed by atoms with Gasteiger partial charge in [0.2, 0.25) is 0 Å². The summed E-state index contributed by atoms with van der Waals surface area (Å²) in [6.07, 6.45) is 4.73. The fourth-order valence-corrected chi connectivity index (χ4v) is 3.19. The number of hydrogen-bond donors (Lipinski definition) is 2. The number of H-pyrrole nitrogens is 2. The van der Waals surface area contributed by atoms with Crippen molar-refractivity contribution in [1.29, 1.82) is 0 Å². The zero-order valence-corrected chi connectivity index (χ0v) is 14.1. The molecule has 120 valence electrons. The first-order valence-corrected chi connectivity index (χ1v) is 8.98. The van der Waals surface area contributed by atoms with E-state index in [4.69, 9.17) is 4.74 Å². The van der Waals surface area contributed by atoms with E-state index < -0.39 is 0 Å². The summed E-state index contributed by atoms with van der Waals surface area (Å²) in [5, 5.41) is 0. The Kier molecular flexibility index (Phi) is 6.65. The molecule has 2 N–H and O–H groups in total. The summed E-state index contributed by atoms with van der Waals surface area (Å²) in [7, 11) is 0. The van der Waals surface area contributed by atoms with Gasteiger partial charge in [-0.1, -0.05) is 32.0 Å². The van der Waals surface area contributed by atoms with Crippen LogP contribution in [0, 0.1) is 0 Å². The van der Waals surface area contributed by atoms with Crippen molar-refractivity contribution in [2.24, 2.45) is 0 Å². The molecule has 2 rings (SSSR count). The maximum Gasteiger partial charge on any atom is 0.323 e. The molecule has 1 heterocycles. The summed E-state index contributed by atoms with van der Waals surface area (Å²) >= 11 is 1.80. The zero-order valence-electron chi connectivity index (χ0n) is 13.3. The molecule has 22 heavy (non-hydrogen) atoms. The fourth-order valence-electron chi connectivity index (χ4n) is 2.35. The van der Waals surface area contributed by atoms with E-state index in [0.717, 1.165) is 48.8 Å². The van der Waals surface area contributed by atoms with Crippen LogP contribution in [-0.2, 0) is 18.6 Å². The molecule has 0 spiro atoms. The average Bonchev–Trinajstić information content (AvgIpc) is 2.95. The summed E-state index contributed by atoms with van der Waals surface area (Å²) < 4.78 is 6.03. The van der Waals surface area contributed by atoms with Crippen molar-refractivity contribution in [3.05, 3.63) is 51.7 Å². The predicted molar refractivity (Wildman–Crippen MR) is 92.9 cm³/mol. The van der Waals surface area contributed by atoms with Crippen molar-refractivity contribution < 1.29 is 4.74 Å². The molecule has 0 aliphatic heterocycles. The third-order valence-corrected chi connectivity index (χ3v) is 4.62. The minimum absolute atomic E-state index is 0.137. The van der Waals surface area contributed by atoms with Crippen LogP contribution < -0.4 is 10.4 Å². The van der Waals surface area contributed by atoms with E-state index in [1.807, 2.05) is 0 Å². The van der Waals surface area contributed by atoms with Gasteiger partial charge in [0.15, 0.2) is 0 Å². The first-order chi connectivity index (χ1) is 10.7. The smallest absolute Gasteiger partial charge is 0.323 e. The average molecular weight is 320 g/mol. The fraction of sp³-hybridized carbons (Fsp3) is 0.471. The number of hydrogen-bond acceptors (Lipinski definition) is 3. The van der Waals surface area contributed by atoms with Crippen molar-refractivity contribution >= 4 is 11.8 Å². The lowest BCUT2D eigenvalue weighted by atomic mass is 10.1. The molecule has 0 aliphatic carbocycles. The Bertz CT molecular complexity index is 611. The normalized spacial score (nSPS) is 10.8. The lowest BCUT2D eigenvalue weighted by Gasteiger charge is -2.14. The molecule has 0 amide bonds. The van der Waals surface area contributed by atoms with Gasteiger partial charge in [0, 0.05) is 17.6 Å². The van der Waals surface area contributed by atoms with E-state index >= 15 is 0 Å². The van der Waals surface area contributed by atoms with E-state index in [9.17, 15) is 4.79 Å². The van der Waals surface area contributed by atoms with Gasteiger partial charge >= 0.3 is 5.69 Å². The molecule has 0 unspecified atom stereocenters. The van der Waals surface area contributed by atoms with Gasteiger partial charge in [0.1, 0.15) is 5.75 Å². The molecule has 0 saturated heterocycles. The number of para-hydroxylation sites is 1. The number of nitrogens with one attached hydrogen (secondary N) is 2. The van der Waals surface area contributed by atoms with Crippen LogP contribution in [0.2, 0.25) is 0 Å². The second kappa shape index (κ2) is 8.73. The van der Waals surface area contributed by atoms with E-state index in [-0.39, 0.29) is 5.69 Å². The summed E-state index contributed by atoms with van der Waals surface area (Å²) in [5.41, 5.74) is 3.39. The Labute approximate surface area is 135 Å². The summed E-state index contributed by atoms with van der Waals surface area (Å²) in [4.78, 5) is 16.3. The molecule has 0 aliphatic rings. The van der Waals surface area contributed by atoms with E-state index in [2.05, 4.69) is 42.0 Å². The van der Waals surface area contributed by atoms with E-state index in [0.29, 0.717) is 0 Å². The lowest BCUT2D eigenvalue weighted by Crippen LogP contribution is -2.04. The first kappa shape index (κ1) is 16.7. The van der Waals surface area contributed by atoms with E-state index in [1.54, 1.807) is 18.0 Å². The number of aromatic nitrogens is 2. The van der Waals surface area contributed by atoms with Crippen LogP contribution in [0.15, 0.2) is 29.2 Å². The molecule has 0 radical (unpaired) electrons. The van der Waals surface area contributed by atoms with Gasteiger partial charge in [-0.15, -0.1) is 0 Å². The van der Waals surface area contributed by atoms with Crippen LogP contribution in [0.4, 0.5) is 0 Å². The van der Waals surface area contributed by atoms with Crippen molar-refractivity contribution in [2.75, 3.05) is 12.4 Å². The quantitative estimate of drug-likeness (QED) is 0.695. The van der Waals surface area contributed by atoms with Crippen LogP contribution >= 0.6 is 11.8 Å². The maximum atomic E-state index is 11.0. The molecular weight excluding hydrogens is 296 g/mol. The van der Waals surface area contributed by atoms with Crippen LogP contribution in [0.1, 0.15) is 37.1 Å². The minimum atomic E-state index is -0.137. The van der Waals surface area contributed by atoms with Crippen LogP contribution in [0.25, 0.3) is 0 Å². The highest BCUT2D eigenvalue weighted by molar-refractivity contribution is 7.98. The molecular formula is C17H24N2O2S. The molecule has 1 aromatic heterocycles. The highest BCUT2D eigenvalue weighted by Crippen LogP contribution is 2.25. The van der Waals surface area contributed by atoms with Gasteiger partial charge in [-0.05, 0) is 36.1 Å². The van der Waals surface area contributed by atoms with Crippen LogP contribution in [-0.4, -0.2) is 22.3 Å². The van der Waals surface area contributed by atoms with Gasteiger partial charge < -0.3 is 14.7 Å². The first-order valence-electron chi connectivity index (χ1n) is 7.82. The molecule has 0 saturated carbocycles. The number of aromatic amines is 2. The highest BCUT2D eigenvalue weighted by atomic mass is 32.2. The molecule has 0 bridgehead atoms. The molecule has 1 aromatic carbocycles. The van der Waals surface area contributed by atoms with Crippen LogP contribution in [0.5, 0.6) is 5.75 Å². The number of imidazole rings is 1. The third-order valence-electron chi connectivity index (χ3n) is 3.53. The molecule has 4 nitrogen and oxygen atoms in total. The number of aryl methyl sites for hydroxylation is 2. The van der Waals surface area contributed by atoms with Crippen molar-refractivity contribution in [1.82, 2.24) is 9.97 Å². The van der Waals surface area contributed by atoms with E-state index in [1.165, 1.54) is 11.1 Å². The van der Waals surface area contributed by atoms with Crippen LogP contribution in [0.3, 0.4) is 0 Å². The van der Waals surface area contributed by atoms with Crippen molar-refractivity contribution in [3.8, 4) is 5.75 Å². The second-order valence-corrected chi connectivity index (χ2v) is 6.24. The molecule has 5 heteroatoms. The largest absolute Gasteiger partial charge is 0.493 e. The molecule has 2 aromatic rings. The Morgan fingerprint density at radius 1 is 1.18 bits per heavy atom. The second-order valence-electron chi connectivity index (χ2n) is 5.14. The maximum absolute atomic E-state index is 11.0. The van der Waals surface area contributed by atoms with Gasteiger partial charge in [0.05, 0.1) is 6.61 Å². The lowest BCUT2D eigenvalue weighted by molar-refractivity contribution is 0.312. The topological polar surface area (TPSA) is 57.9 Å². The van der Waals surface area contributed by atoms with Crippen molar-refractivity contribution in [2.45, 2.75) is 38.9 Å². The van der Waals surface area contributed by atoms with Gasteiger partial charge in [-0.25, -0.2) is 4.79 Å². The number of ether oxygens (including phenoxy) is 1. The molecule has 0 atom stereocenters. The summed E-state index contributed by atoms with van der Waals surface area (Å²) in [6.45, 7) is 5.06. The number of benzene rings is 1. The third kappa shape index (κ3) is 4.70. The van der Waals surface area contributed by atoms with Gasteiger partial charge in [-0.3, -0.25) is 0 Å². The Morgan fingerprint density at radius 2 is 1.91 bits per heavy atom. The standard InChI is InChI=1S/C17H24N2O2S/c1-3-13-7-5-8-14(4-2)16(13)21-9-6-10-22-12-15-11-18-17(20)19-15/h5,7-8,11H,3-4,6,9-10,12H2,1-2H3,(H2,18,19,20). The summed E-state index contributed by atoms with van der Waals surface area (Å²) in [6, 6.07) is 6.40. The Morgan fingerprint density at radius 3 is 2.50 bits per heavy atom. The summed E-state index contributed by atoms with van der Waals surface area (Å²) in [5.74, 6) is 2.92. The monoisotopic (exact) mass is 320 g/mol. The highest BCUT2D eigenvalue weighted by Gasteiger charge is 2.07. The number of thioether (sulfide) groups is 1.